The van der Waals surface area contributed by atoms with E-state index in [1.807, 2.05) is 47.0 Å². The van der Waals surface area contributed by atoms with Crippen molar-refractivity contribution in [2.45, 2.75) is 6.61 Å². The van der Waals surface area contributed by atoms with Gasteiger partial charge in [-0.05, 0) is 29.8 Å². The maximum Gasteiger partial charge on any atom is 0.160 e. The second kappa shape index (κ2) is 8.05. The fourth-order valence-electron chi connectivity index (χ4n) is 3.66. The van der Waals surface area contributed by atoms with Crippen LogP contribution < -0.4 is 10.6 Å². The predicted octanol–water partition coefficient (Wildman–Crippen LogP) is 2.91. The van der Waals surface area contributed by atoms with Gasteiger partial charge in [0.15, 0.2) is 5.65 Å². The van der Waals surface area contributed by atoms with Crippen LogP contribution in [0.25, 0.3) is 27.7 Å². The standard InChI is InChI=1S/C22H21N7O2/c30-8-6-23-16-3-4-21(25-12-16)27-19-10-17(20(13-31)29-7-5-24-22(19)29)14-1-2-15-11-26-28-18(15)9-14/h1-5,7,9-12,23,30-31H,6,8,13H2,(H,25,27)(H,26,28). The molecule has 0 saturated carbocycles. The summed E-state index contributed by atoms with van der Waals surface area (Å²) in [6.07, 6.45) is 7.02. The van der Waals surface area contributed by atoms with Crippen LogP contribution in [0, 0.1) is 0 Å². The highest BCUT2D eigenvalue weighted by atomic mass is 16.3. The van der Waals surface area contributed by atoms with Gasteiger partial charge in [0.2, 0.25) is 0 Å². The van der Waals surface area contributed by atoms with Gasteiger partial charge in [0.1, 0.15) is 5.82 Å². The van der Waals surface area contributed by atoms with E-state index < -0.39 is 0 Å². The normalized spacial score (nSPS) is 11.3. The highest BCUT2D eigenvalue weighted by molar-refractivity contribution is 5.87. The number of fused-ring (bicyclic) bond motifs is 2. The number of aromatic amines is 1. The molecule has 0 unspecified atom stereocenters. The molecule has 1 aromatic carbocycles. The number of imidazole rings is 1. The molecular weight excluding hydrogens is 394 g/mol. The third-order valence-electron chi connectivity index (χ3n) is 5.14. The largest absolute Gasteiger partial charge is 0.395 e. The van der Waals surface area contributed by atoms with Crippen LogP contribution in [0.5, 0.6) is 0 Å². The lowest BCUT2D eigenvalue weighted by atomic mass is 10.0. The number of H-pyrrole nitrogens is 1. The highest BCUT2D eigenvalue weighted by Crippen LogP contribution is 2.32. The SMILES string of the molecule is OCCNc1ccc(Nc2cc(-c3ccc4cn[nH]c4c3)c(CO)n3ccnc23)nc1. The molecule has 0 spiro atoms. The first-order valence-electron chi connectivity index (χ1n) is 9.88. The topological polar surface area (TPSA) is 123 Å². The summed E-state index contributed by atoms with van der Waals surface area (Å²) in [5.74, 6) is 0.658. The monoisotopic (exact) mass is 415 g/mol. The molecule has 9 nitrogen and oxygen atoms in total. The Morgan fingerprint density at radius 3 is 2.77 bits per heavy atom. The van der Waals surface area contributed by atoms with Crippen LogP contribution in [0.2, 0.25) is 0 Å². The van der Waals surface area contributed by atoms with Gasteiger partial charge in [-0.3, -0.25) is 9.50 Å². The summed E-state index contributed by atoms with van der Waals surface area (Å²) < 4.78 is 1.88. The van der Waals surface area contributed by atoms with Crippen LogP contribution in [0.1, 0.15) is 5.69 Å². The van der Waals surface area contributed by atoms with E-state index in [1.54, 1.807) is 18.6 Å². The minimum Gasteiger partial charge on any atom is -0.395 e. The molecule has 0 saturated heterocycles. The third kappa shape index (κ3) is 3.56. The second-order valence-electron chi connectivity index (χ2n) is 7.08. The van der Waals surface area contributed by atoms with Crippen LogP contribution >= 0.6 is 0 Å². The number of aliphatic hydroxyl groups is 2. The molecular formula is C22H21N7O2. The Morgan fingerprint density at radius 1 is 1.03 bits per heavy atom. The summed E-state index contributed by atoms with van der Waals surface area (Å²) in [7, 11) is 0. The van der Waals surface area contributed by atoms with E-state index >= 15 is 0 Å². The number of aromatic nitrogens is 5. The van der Waals surface area contributed by atoms with E-state index in [4.69, 9.17) is 5.11 Å². The van der Waals surface area contributed by atoms with Gasteiger partial charge in [-0.25, -0.2) is 9.97 Å². The van der Waals surface area contributed by atoms with Crippen molar-refractivity contribution in [3.63, 3.8) is 0 Å². The lowest BCUT2D eigenvalue weighted by Crippen LogP contribution is -2.06. The molecule has 0 bridgehead atoms. The lowest BCUT2D eigenvalue weighted by Gasteiger charge is -2.15. The van der Waals surface area contributed by atoms with Gasteiger partial charge in [-0.2, -0.15) is 5.10 Å². The average Bonchev–Trinajstić information content (AvgIpc) is 3.47. The minimum absolute atomic E-state index is 0.0577. The number of anilines is 3. The molecule has 0 atom stereocenters. The molecule has 4 heterocycles. The molecule has 0 aliphatic heterocycles. The minimum atomic E-state index is -0.132. The Balaban J connectivity index is 1.57. The van der Waals surface area contributed by atoms with E-state index in [0.717, 1.165) is 39.1 Å². The number of hydrogen-bond acceptors (Lipinski definition) is 7. The van der Waals surface area contributed by atoms with Crippen LogP contribution in [0.15, 0.2) is 61.2 Å². The van der Waals surface area contributed by atoms with Crippen molar-refractivity contribution in [1.29, 1.82) is 0 Å². The molecule has 4 aromatic heterocycles. The maximum absolute atomic E-state index is 10.1. The van der Waals surface area contributed by atoms with E-state index in [9.17, 15) is 5.11 Å². The Kier molecular flexibility index (Phi) is 4.95. The van der Waals surface area contributed by atoms with Gasteiger partial charge in [0.25, 0.3) is 0 Å². The van der Waals surface area contributed by atoms with E-state index in [2.05, 4.69) is 30.8 Å². The molecule has 0 aliphatic carbocycles. The number of pyridine rings is 2. The molecule has 31 heavy (non-hydrogen) atoms. The predicted molar refractivity (Wildman–Crippen MR) is 119 cm³/mol. The number of nitrogens with zero attached hydrogens (tertiary/aromatic N) is 4. The van der Waals surface area contributed by atoms with Gasteiger partial charge in [-0.15, -0.1) is 0 Å². The van der Waals surface area contributed by atoms with Gasteiger partial charge >= 0.3 is 0 Å². The van der Waals surface area contributed by atoms with Crippen LogP contribution in [-0.2, 0) is 6.61 Å². The van der Waals surface area contributed by atoms with Crippen molar-refractivity contribution in [1.82, 2.24) is 24.6 Å². The molecule has 0 radical (unpaired) electrons. The van der Waals surface area contributed by atoms with Crippen molar-refractivity contribution in [2.75, 3.05) is 23.8 Å². The lowest BCUT2D eigenvalue weighted by molar-refractivity contribution is 0.276. The summed E-state index contributed by atoms with van der Waals surface area (Å²) in [6, 6.07) is 11.8. The van der Waals surface area contributed by atoms with Gasteiger partial charge < -0.3 is 20.8 Å². The van der Waals surface area contributed by atoms with Gasteiger partial charge in [-0.1, -0.05) is 12.1 Å². The van der Waals surface area contributed by atoms with Crippen molar-refractivity contribution < 1.29 is 10.2 Å². The average molecular weight is 415 g/mol. The number of rotatable bonds is 7. The first kappa shape index (κ1) is 19.0. The van der Waals surface area contributed by atoms with Crippen LogP contribution in [0.4, 0.5) is 17.2 Å². The number of aliphatic hydroxyl groups excluding tert-OH is 2. The summed E-state index contributed by atoms with van der Waals surface area (Å²) in [5, 5.41) is 33.6. The maximum atomic E-state index is 10.1. The Morgan fingerprint density at radius 2 is 1.97 bits per heavy atom. The molecule has 9 heteroatoms. The zero-order valence-corrected chi connectivity index (χ0v) is 16.6. The van der Waals surface area contributed by atoms with Crippen LogP contribution in [-0.4, -0.2) is 47.9 Å². The number of nitrogens with one attached hydrogen (secondary N) is 3. The molecule has 5 aromatic rings. The summed E-state index contributed by atoms with van der Waals surface area (Å²) in [5.41, 5.74) is 5.80. The molecule has 0 amide bonds. The Bertz CT molecular complexity index is 1340. The first-order valence-corrected chi connectivity index (χ1v) is 9.88. The molecule has 5 rings (SSSR count). The van der Waals surface area contributed by atoms with Crippen molar-refractivity contribution in [3.05, 3.63) is 66.9 Å². The summed E-state index contributed by atoms with van der Waals surface area (Å²) in [4.78, 5) is 8.91. The van der Waals surface area contributed by atoms with Gasteiger partial charge in [0, 0.05) is 29.9 Å². The van der Waals surface area contributed by atoms with Crippen molar-refractivity contribution in [3.8, 4) is 11.1 Å². The van der Waals surface area contributed by atoms with Gasteiger partial charge in [0.05, 0.1) is 48.2 Å². The number of hydrogen-bond donors (Lipinski definition) is 5. The fraction of sp³-hybridized carbons (Fsp3) is 0.136. The number of benzene rings is 1. The highest BCUT2D eigenvalue weighted by Gasteiger charge is 2.15. The zero-order chi connectivity index (χ0) is 21.2. The zero-order valence-electron chi connectivity index (χ0n) is 16.6. The van der Waals surface area contributed by atoms with Crippen LogP contribution in [0.3, 0.4) is 0 Å². The van der Waals surface area contributed by atoms with E-state index in [-0.39, 0.29) is 13.2 Å². The van der Waals surface area contributed by atoms with E-state index in [1.165, 1.54) is 0 Å². The molecule has 156 valence electrons. The second-order valence-corrected chi connectivity index (χ2v) is 7.08. The first-order chi connectivity index (χ1) is 15.3. The molecule has 5 N–H and O–H groups in total. The fourth-order valence-corrected chi connectivity index (χ4v) is 3.66. The molecule has 0 aliphatic rings. The summed E-state index contributed by atoms with van der Waals surface area (Å²) >= 11 is 0. The van der Waals surface area contributed by atoms with Crippen molar-refractivity contribution in [2.24, 2.45) is 0 Å². The summed E-state index contributed by atoms with van der Waals surface area (Å²) in [6.45, 7) is 0.394. The quantitative estimate of drug-likeness (QED) is 0.277. The third-order valence-corrected chi connectivity index (χ3v) is 5.14. The Hall–Kier alpha value is -3.95. The van der Waals surface area contributed by atoms with E-state index in [0.29, 0.717) is 18.0 Å². The Labute approximate surface area is 177 Å². The molecule has 0 fully saturated rings. The van der Waals surface area contributed by atoms with Crippen molar-refractivity contribution >= 4 is 33.7 Å². The smallest absolute Gasteiger partial charge is 0.160 e.